The first-order valence-electron chi connectivity index (χ1n) is 5.83. The van der Waals surface area contributed by atoms with Crippen molar-refractivity contribution in [2.45, 2.75) is 25.5 Å². The van der Waals surface area contributed by atoms with Gasteiger partial charge < -0.3 is 19.8 Å². The van der Waals surface area contributed by atoms with E-state index in [9.17, 15) is 0 Å². The van der Waals surface area contributed by atoms with Crippen LogP contribution in [0.2, 0.25) is 0 Å². The highest BCUT2D eigenvalue weighted by Gasteiger charge is 2.14. The molecule has 1 saturated heterocycles. The van der Waals surface area contributed by atoms with Crippen LogP contribution in [-0.4, -0.2) is 42.4 Å². The number of ether oxygens (including phenoxy) is 2. The van der Waals surface area contributed by atoms with Gasteiger partial charge in [-0.3, -0.25) is 0 Å². The van der Waals surface area contributed by atoms with Gasteiger partial charge in [0.15, 0.2) is 0 Å². The summed E-state index contributed by atoms with van der Waals surface area (Å²) in [6, 6.07) is 0. The zero-order chi connectivity index (χ0) is 11.1. The summed E-state index contributed by atoms with van der Waals surface area (Å²) >= 11 is 0. The Labute approximate surface area is 95.6 Å². The molecule has 0 radical (unpaired) electrons. The van der Waals surface area contributed by atoms with Crippen molar-refractivity contribution in [3.05, 3.63) is 18.2 Å². The van der Waals surface area contributed by atoms with E-state index in [0.29, 0.717) is 6.10 Å². The minimum atomic E-state index is 0.324. The van der Waals surface area contributed by atoms with Crippen molar-refractivity contribution in [3.63, 3.8) is 0 Å². The molecule has 5 nitrogen and oxygen atoms in total. The Hall–Kier alpha value is -0.910. The van der Waals surface area contributed by atoms with Gasteiger partial charge in [0.25, 0.3) is 0 Å². The van der Waals surface area contributed by atoms with Crippen molar-refractivity contribution < 1.29 is 9.47 Å². The van der Waals surface area contributed by atoms with E-state index in [4.69, 9.17) is 9.47 Å². The molecule has 90 valence electrons. The van der Waals surface area contributed by atoms with Gasteiger partial charge in [-0.05, 0) is 12.8 Å². The second-order valence-corrected chi connectivity index (χ2v) is 3.92. The largest absolute Gasteiger partial charge is 0.377 e. The fourth-order valence-electron chi connectivity index (χ4n) is 1.74. The highest BCUT2D eigenvalue weighted by atomic mass is 16.5. The normalized spacial score (nSPS) is 20.4. The zero-order valence-corrected chi connectivity index (χ0v) is 9.45. The molecule has 16 heavy (non-hydrogen) atoms. The second-order valence-electron chi connectivity index (χ2n) is 3.92. The molecule has 2 N–H and O–H groups in total. The number of hydrogen-bond acceptors (Lipinski definition) is 4. The molecule has 1 aromatic heterocycles. The Kier molecular flexibility index (Phi) is 4.79. The summed E-state index contributed by atoms with van der Waals surface area (Å²) in [6.45, 7) is 3.94. The monoisotopic (exact) mass is 225 g/mol. The molecule has 1 aromatic rings. The summed E-state index contributed by atoms with van der Waals surface area (Å²) in [6.07, 6.45) is 6.21. The molecule has 2 heterocycles. The maximum Gasteiger partial charge on any atom is 0.120 e. The number of imidazole rings is 1. The minimum Gasteiger partial charge on any atom is -0.377 e. The van der Waals surface area contributed by atoms with Gasteiger partial charge in [0.2, 0.25) is 0 Å². The fourth-order valence-corrected chi connectivity index (χ4v) is 1.74. The number of hydrogen-bond donors (Lipinski definition) is 2. The molecule has 2 rings (SSSR count). The van der Waals surface area contributed by atoms with Crippen LogP contribution in [0.1, 0.15) is 18.7 Å². The summed E-state index contributed by atoms with van der Waals surface area (Å²) in [5.41, 5.74) is 0. The Balaban J connectivity index is 1.43. The van der Waals surface area contributed by atoms with E-state index in [-0.39, 0.29) is 0 Å². The number of H-pyrrole nitrogens is 1. The van der Waals surface area contributed by atoms with Crippen LogP contribution in [0, 0.1) is 0 Å². The molecule has 0 amide bonds. The van der Waals surface area contributed by atoms with E-state index < -0.39 is 0 Å². The fraction of sp³-hybridized carbons (Fsp3) is 0.727. The molecule has 1 aliphatic rings. The number of aromatic nitrogens is 2. The van der Waals surface area contributed by atoms with Crippen molar-refractivity contribution in [3.8, 4) is 0 Å². The first-order valence-corrected chi connectivity index (χ1v) is 5.83. The molecule has 0 saturated carbocycles. The lowest BCUT2D eigenvalue weighted by Gasteiger charge is -2.10. The third-order valence-corrected chi connectivity index (χ3v) is 2.60. The SMILES string of the molecule is c1c[nH]c(CNCCOCC2CCCO2)n1. The first kappa shape index (κ1) is 11.6. The van der Waals surface area contributed by atoms with E-state index in [1.807, 2.05) is 6.20 Å². The lowest BCUT2D eigenvalue weighted by Crippen LogP contribution is -2.22. The average molecular weight is 225 g/mol. The van der Waals surface area contributed by atoms with Crippen LogP contribution in [0.5, 0.6) is 0 Å². The molecular weight excluding hydrogens is 206 g/mol. The van der Waals surface area contributed by atoms with Gasteiger partial charge in [-0.25, -0.2) is 4.98 Å². The topological polar surface area (TPSA) is 59.2 Å². The Morgan fingerprint density at radius 1 is 1.62 bits per heavy atom. The molecule has 0 aliphatic carbocycles. The Bertz CT molecular complexity index is 271. The second kappa shape index (κ2) is 6.62. The van der Waals surface area contributed by atoms with Crippen LogP contribution in [0.4, 0.5) is 0 Å². The van der Waals surface area contributed by atoms with Crippen molar-refractivity contribution in [1.82, 2.24) is 15.3 Å². The maximum atomic E-state index is 5.52. The molecule has 5 heteroatoms. The molecule has 0 bridgehead atoms. The van der Waals surface area contributed by atoms with Crippen LogP contribution in [0.15, 0.2) is 12.4 Å². The van der Waals surface area contributed by atoms with Crippen LogP contribution >= 0.6 is 0 Å². The number of aromatic amines is 1. The van der Waals surface area contributed by atoms with Gasteiger partial charge in [-0.2, -0.15) is 0 Å². The standard InChI is InChI=1S/C11H19N3O2/c1-2-10(16-6-1)9-15-7-5-12-8-11-13-3-4-14-11/h3-4,10,12H,1-2,5-9H2,(H,13,14). The van der Waals surface area contributed by atoms with Crippen molar-refractivity contribution >= 4 is 0 Å². The van der Waals surface area contributed by atoms with Crippen molar-refractivity contribution in [2.24, 2.45) is 0 Å². The quantitative estimate of drug-likeness (QED) is 0.670. The summed E-state index contributed by atoms with van der Waals surface area (Å²) in [7, 11) is 0. The van der Waals surface area contributed by atoms with E-state index in [1.165, 1.54) is 6.42 Å². The van der Waals surface area contributed by atoms with Crippen molar-refractivity contribution in [2.75, 3.05) is 26.4 Å². The Morgan fingerprint density at radius 2 is 2.62 bits per heavy atom. The highest BCUT2D eigenvalue weighted by molar-refractivity contribution is 4.85. The highest BCUT2D eigenvalue weighted by Crippen LogP contribution is 2.11. The zero-order valence-electron chi connectivity index (χ0n) is 9.45. The average Bonchev–Trinajstić information content (AvgIpc) is 2.96. The van der Waals surface area contributed by atoms with Gasteiger partial charge in [0.1, 0.15) is 5.82 Å². The minimum absolute atomic E-state index is 0.324. The summed E-state index contributed by atoms with van der Waals surface area (Å²) in [5.74, 6) is 0.958. The number of nitrogens with zero attached hydrogens (tertiary/aromatic N) is 1. The number of rotatable bonds is 7. The van der Waals surface area contributed by atoms with Crippen LogP contribution in [0.25, 0.3) is 0 Å². The predicted octanol–water partition coefficient (Wildman–Crippen LogP) is 0.695. The van der Waals surface area contributed by atoms with Gasteiger partial charge in [-0.1, -0.05) is 0 Å². The van der Waals surface area contributed by atoms with E-state index in [0.717, 1.165) is 45.2 Å². The molecule has 1 atom stereocenters. The Morgan fingerprint density at radius 3 is 3.38 bits per heavy atom. The lowest BCUT2D eigenvalue weighted by atomic mass is 10.2. The van der Waals surface area contributed by atoms with E-state index >= 15 is 0 Å². The maximum absolute atomic E-state index is 5.52. The van der Waals surface area contributed by atoms with Crippen LogP contribution in [0.3, 0.4) is 0 Å². The van der Waals surface area contributed by atoms with E-state index in [2.05, 4.69) is 15.3 Å². The summed E-state index contributed by atoms with van der Waals surface area (Å²) in [4.78, 5) is 7.16. The third-order valence-electron chi connectivity index (χ3n) is 2.60. The lowest BCUT2D eigenvalue weighted by molar-refractivity contribution is 0.0182. The molecule has 0 aromatic carbocycles. The molecule has 1 unspecified atom stereocenters. The molecule has 1 aliphatic heterocycles. The smallest absolute Gasteiger partial charge is 0.120 e. The number of nitrogens with one attached hydrogen (secondary N) is 2. The summed E-state index contributed by atoms with van der Waals surface area (Å²) < 4.78 is 11.0. The first-order chi connectivity index (χ1) is 7.95. The molecule has 0 spiro atoms. The van der Waals surface area contributed by atoms with Gasteiger partial charge in [-0.15, -0.1) is 0 Å². The molecular formula is C11H19N3O2. The third kappa shape index (κ3) is 3.92. The molecule has 1 fully saturated rings. The van der Waals surface area contributed by atoms with E-state index in [1.54, 1.807) is 6.20 Å². The van der Waals surface area contributed by atoms with Gasteiger partial charge in [0, 0.05) is 25.5 Å². The predicted molar refractivity (Wildman–Crippen MR) is 60.1 cm³/mol. The van der Waals surface area contributed by atoms with Crippen molar-refractivity contribution in [1.29, 1.82) is 0 Å². The van der Waals surface area contributed by atoms with Gasteiger partial charge >= 0.3 is 0 Å². The van der Waals surface area contributed by atoms with Gasteiger partial charge in [0.05, 0.1) is 25.9 Å². The van der Waals surface area contributed by atoms with Crippen LogP contribution in [-0.2, 0) is 16.0 Å². The summed E-state index contributed by atoms with van der Waals surface area (Å²) in [5, 5.41) is 3.25. The van der Waals surface area contributed by atoms with Crippen LogP contribution < -0.4 is 5.32 Å².